The van der Waals surface area contributed by atoms with E-state index in [1.165, 1.54) is 24.3 Å². The largest absolute Gasteiger partial charge is 0.481 e. The zero-order valence-electron chi connectivity index (χ0n) is 13.1. The second kappa shape index (κ2) is 8.08. The monoisotopic (exact) mass is 353 g/mol. The highest BCUT2D eigenvalue weighted by atomic mass is 16.7. The molecule has 0 radical (unpaired) electrons. The molecule has 0 aromatic heterocycles. The minimum absolute atomic E-state index is 0.248. The first-order valence-corrected chi connectivity index (χ1v) is 7.43. The molecule has 0 unspecified atom stereocenters. The van der Waals surface area contributed by atoms with Gasteiger partial charge in [-0.25, -0.2) is 0 Å². The van der Waals surface area contributed by atoms with Gasteiger partial charge in [-0.2, -0.15) is 0 Å². The van der Waals surface area contributed by atoms with Crippen molar-refractivity contribution in [2.75, 3.05) is 5.32 Å². The van der Waals surface area contributed by atoms with E-state index in [9.17, 15) is 24.9 Å². The fourth-order valence-electron chi connectivity index (χ4n) is 2.30. The third-order valence-electron chi connectivity index (χ3n) is 3.60. The van der Waals surface area contributed by atoms with Crippen molar-refractivity contribution in [2.45, 2.75) is 37.1 Å². The van der Waals surface area contributed by atoms with Gasteiger partial charge < -0.3 is 35.2 Å². The van der Waals surface area contributed by atoms with Crippen molar-refractivity contribution in [3.05, 3.63) is 36.9 Å². The van der Waals surface area contributed by atoms with E-state index in [2.05, 4.69) is 11.9 Å². The van der Waals surface area contributed by atoms with Crippen LogP contribution in [0.1, 0.15) is 6.42 Å². The number of aliphatic hydroxyl groups excluding tert-OH is 3. The Morgan fingerprint density at radius 3 is 2.36 bits per heavy atom. The van der Waals surface area contributed by atoms with E-state index >= 15 is 0 Å². The molecule has 1 aromatic rings. The molecule has 1 fully saturated rings. The summed E-state index contributed by atoms with van der Waals surface area (Å²) in [5.74, 6) is -1.36. The third-order valence-corrected chi connectivity index (χ3v) is 3.60. The minimum atomic E-state index is -1.62. The number of hydrogen-bond acceptors (Lipinski definition) is 7. The van der Waals surface area contributed by atoms with Gasteiger partial charge in [-0.05, 0) is 30.3 Å². The molecule has 0 spiro atoms. The Kier molecular flexibility index (Phi) is 6.10. The molecule has 0 saturated carbocycles. The van der Waals surface area contributed by atoms with Crippen LogP contribution in [0.25, 0.3) is 0 Å². The van der Waals surface area contributed by atoms with E-state index in [4.69, 9.17) is 14.6 Å². The van der Waals surface area contributed by atoms with Crippen LogP contribution in [-0.4, -0.2) is 63.0 Å². The first-order chi connectivity index (χ1) is 11.8. The van der Waals surface area contributed by atoms with Crippen LogP contribution in [0.5, 0.6) is 5.75 Å². The van der Waals surface area contributed by atoms with Crippen molar-refractivity contribution in [1.82, 2.24) is 0 Å². The van der Waals surface area contributed by atoms with E-state index in [0.29, 0.717) is 5.69 Å². The van der Waals surface area contributed by atoms with Crippen LogP contribution in [0.3, 0.4) is 0 Å². The molecule has 136 valence electrons. The summed E-state index contributed by atoms with van der Waals surface area (Å²) < 4.78 is 10.7. The van der Waals surface area contributed by atoms with Crippen molar-refractivity contribution in [3.63, 3.8) is 0 Å². The Morgan fingerprint density at radius 2 is 1.80 bits per heavy atom. The lowest BCUT2D eigenvalue weighted by molar-refractivity contribution is -0.272. The molecule has 25 heavy (non-hydrogen) atoms. The van der Waals surface area contributed by atoms with Gasteiger partial charge in [0.25, 0.3) is 0 Å². The van der Waals surface area contributed by atoms with E-state index < -0.39 is 43.1 Å². The zero-order chi connectivity index (χ0) is 18.6. The highest BCUT2D eigenvalue weighted by Gasteiger charge is 2.45. The average molecular weight is 353 g/mol. The number of aliphatic hydroxyl groups is 3. The Bertz CT molecular complexity index is 632. The number of carboxylic acids is 1. The summed E-state index contributed by atoms with van der Waals surface area (Å²) in [6.07, 6.45) is -6.77. The number of hydrogen-bond donors (Lipinski definition) is 5. The first-order valence-electron chi connectivity index (χ1n) is 7.43. The lowest BCUT2D eigenvalue weighted by Crippen LogP contribution is -2.59. The number of benzene rings is 1. The molecule has 2 rings (SSSR count). The van der Waals surface area contributed by atoms with Gasteiger partial charge in [-0.1, -0.05) is 6.58 Å². The van der Waals surface area contributed by atoms with Crippen molar-refractivity contribution >= 4 is 17.6 Å². The fraction of sp³-hybridized carbons (Fsp3) is 0.375. The zero-order valence-corrected chi connectivity index (χ0v) is 13.1. The molecule has 1 saturated heterocycles. The number of aliphatic carboxylic acids is 1. The lowest BCUT2D eigenvalue weighted by Gasteiger charge is -2.39. The van der Waals surface area contributed by atoms with Crippen molar-refractivity contribution in [3.8, 4) is 5.75 Å². The van der Waals surface area contributed by atoms with Gasteiger partial charge in [-0.15, -0.1) is 0 Å². The number of rotatable bonds is 6. The van der Waals surface area contributed by atoms with Gasteiger partial charge in [0.05, 0.1) is 6.42 Å². The van der Waals surface area contributed by atoms with Crippen LogP contribution < -0.4 is 10.1 Å². The number of carboxylic acid groups (broad SMARTS) is 1. The molecule has 1 amide bonds. The molecule has 0 aliphatic carbocycles. The van der Waals surface area contributed by atoms with E-state index in [0.717, 1.165) is 6.08 Å². The maximum Gasteiger partial charge on any atom is 0.306 e. The minimum Gasteiger partial charge on any atom is -0.481 e. The summed E-state index contributed by atoms with van der Waals surface area (Å²) in [5.41, 5.74) is 0.488. The topological polar surface area (TPSA) is 146 Å². The Hall–Kier alpha value is -2.46. The SMILES string of the molecule is C=CC(=O)Nc1ccc(O[C@@H]2O[C@H](CC(=O)O)[C@@H](O)[C@H](O)[C@H]2O)cc1. The quantitative estimate of drug-likeness (QED) is 0.429. The number of carbonyl (C=O) groups excluding carboxylic acids is 1. The summed E-state index contributed by atoms with van der Waals surface area (Å²) in [5, 5.41) is 40.9. The first kappa shape index (κ1) is 18.9. The van der Waals surface area contributed by atoms with Crippen molar-refractivity contribution < 1.29 is 39.5 Å². The average Bonchev–Trinajstić information content (AvgIpc) is 2.58. The van der Waals surface area contributed by atoms with Crippen molar-refractivity contribution in [1.29, 1.82) is 0 Å². The molecule has 9 nitrogen and oxygen atoms in total. The van der Waals surface area contributed by atoms with Crippen LogP contribution in [0.2, 0.25) is 0 Å². The van der Waals surface area contributed by atoms with Gasteiger partial charge in [0.15, 0.2) is 0 Å². The molecule has 5 atom stereocenters. The number of nitrogens with one attached hydrogen (secondary N) is 1. The Morgan fingerprint density at radius 1 is 1.16 bits per heavy atom. The van der Waals surface area contributed by atoms with Gasteiger partial charge in [0.2, 0.25) is 12.2 Å². The predicted octanol–water partition coefficient (Wildman–Crippen LogP) is -0.528. The van der Waals surface area contributed by atoms with Crippen molar-refractivity contribution in [2.24, 2.45) is 0 Å². The molecular weight excluding hydrogens is 334 g/mol. The normalized spacial score (nSPS) is 28.8. The van der Waals surface area contributed by atoms with Gasteiger partial charge in [0, 0.05) is 5.69 Å². The maximum atomic E-state index is 11.2. The molecule has 1 aliphatic heterocycles. The van der Waals surface area contributed by atoms with Crippen LogP contribution in [0.4, 0.5) is 5.69 Å². The number of ether oxygens (including phenoxy) is 2. The lowest BCUT2D eigenvalue weighted by atomic mass is 9.97. The second-order valence-electron chi connectivity index (χ2n) is 5.45. The summed E-state index contributed by atoms with van der Waals surface area (Å²) >= 11 is 0. The highest BCUT2D eigenvalue weighted by Crippen LogP contribution is 2.26. The molecule has 1 heterocycles. The van der Waals surface area contributed by atoms with Crippen LogP contribution in [-0.2, 0) is 14.3 Å². The standard InChI is InChI=1S/C16H19NO8/c1-2-11(18)17-8-3-5-9(6-4-8)24-16-15(23)14(22)13(21)10(25-16)7-12(19)20/h2-6,10,13-16,21-23H,1,7H2,(H,17,18)(H,19,20)/t10-,13-,14+,15-,16-/m1/s1. The summed E-state index contributed by atoms with van der Waals surface area (Å²) in [6.45, 7) is 3.33. The molecule has 1 aliphatic rings. The van der Waals surface area contributed by atoms with Gasteiger partial charge >= 0.3 is 5.97 Å². The van der Waals surface area contributed by atoms with Gasteiger partial charge in [-0.3, -0.25) is 9.59 Å². The van der Waals surface area contributed by atoms with Crippen LogP contribution in [0.15, 0.2) is 36.9 Å². The highest BCUT2D eigenvalue weighted by molar-refractivity contribution is 5.98. The molecule has 9 heteroatoms. The molecule has 0 bridgehead atoms. The summed E-state index contributed by atoms with van der Waals surface area (Å²) in [6, 6.07) is 6.04. The smallest absolute Gasteiger partial charge is 0.306 e. The number of anilines is 1. The molecule has 1 aromatic carbocycles. The fourth-order valence-corrected chi connectivity index (χ4v) is 2.30. The Balaban J connectivity index is 2.05. The molecule has 5 N–H and O–H groups in total. The van der Waals surface area contributed by atoms with Gasteiger partial charge in [0.1, 0.15) is 30.2 Å². The van der Waals surface area contributed by atoms with E-state index in [1.54, 1.807) is 0 Å². The van der Waals surface area contributed by atoms with Crippen LogP contribution >= 0.6 is 0 Å². The molecular formula is C16H19NO8. The predicted molar refractivity (Wildman–Crippen MR) is 84.8 cm³/mol. The Labute approximate surface area is 143 Å². The number of carbonyl (C=O) groups is 2. The number of amides is 1. The summed E-state index contributed by atoms with van der Waals surface area (Å²) in [4.78, 5) is 22.0. The summed E-state index contributed by atoms with van der Waals surface area (Å²) in [7, 11) is 0. The maximum absolute atomic E-state index is 11.2. The second-order valence-corrected chi connectivity index (χ2v) is 5.45. The third kappa shape index (κ3) is 4.77. The van der Waals surface area contributed by atoms with E-state index in [-0.39, 0.29) is 11.7 Å². The van der Waals surface area contributed by atoms with E-state index in [1.807, 2.05) is 0 Å². The van der Waals surface area contributed by atoms with Crippen LogP contribution in [0, 0.1) is 0 Å².